The molecule has 1 amide bonds. The quantitative estimate of drug-likeness (QED) is 0.232. The summed E-state index contributed by atoms with van der Waals surface area (Å²) in [6.07, 6.45) is -1.81. The van der Waals surface area contributed by atoms with E-state index >= 15 is 0 Å². The van der Waals surface area contributed by atoms with Gasteiger partial charge in [-0.15, -0.1) is 11.8 Å². The molecule has 1 saturated heterocycles. The molecule has 3 aromatic rings. The minimum absolute atomic E-state index is 0.0194. The van der Waals surface area contributed by atoms with E-state index in [0.29, 0.717) is 12.3 Å². The molecule has 5 unspecified atom stereocenters. The van der Waals surface area contributed by atoms with Crippen molar-refractivity contribution in [1.29, 1.82) is 0 Å². The lowest BCUT2D eigenvalue weighted by atomic mass is 9.91. The fraction of sp³-hybridized carbons (Fsp3) is 0.355. The predicted octanol–water partition coefficient (Wildman–Crippen LogP) is 5.04. The minimum atomic E-state index is -0.859. The Bertz CT molecular complexity index is 1260. The topological polar surface area (TPSA) is 114 Å². The van der Waals surface area contributed by atoms with Crippen LogP contribution in [0, 0.1) is 5.92 Å². The van der Waals surface area contributed by atoms with Gasteiger partial charge in [0.25, 0.3) is 5.91 Å². The number of nitrogens with one attached hydrogen (secondary N) is 1. The predicted molar refractivity (Wildman–Crippen MR) is 151 cm³/mol. The molecule has 9 heteroatoms. The Morgan fingerprint density at radius 2 is 1.57 bits per heavy atom. The van der Waals surface area contributed by atoms with Crippen molar-refractivity contribution in [3.8, 4) is 5.75 Å². The summed E-state index contributed by atoms with van der Waals surface area (Å²) in [7, 11) is 0. The lowest BCUT2D eigenvalue weighted by Gasteiger charge is -2.41. The second kappa shape index (κ2) is 13.8. The Morgan fingerprint density at radius 3 is 2.20 bits per heavy atom. The van der Waals surface area contributed by atoms with Crippen molar-refractivity contribution in [1.82, 2.24) is 5.32 Å². The molecule has 5 atom stereocenters. The molecule has 3 N–H and O–H groups in total. The summed E-state index contributed by atoms with van der Waals surface area (Å²) in [6.45, 7) is 5.19. The van der Waals surface area contributed by atoms with Crippen LogP contribution in [0.4, 0.5) is 0 Å². The highest BCUT2D eigenvalue weighted by Gasteiger charge is 2.38. The molecule has 40 heavy (non-hydrogen) atoms. The van der Waals surface area contributed by atoms with E-state index in [1.165, 1.54) is 13.8 Å². The van der Waals surface area contributed by atoms with Gasteiger partial charge in [-0.2, -0.15) is 0 Å². The lowest BCUT2D eigenvalue weighted by molar-refractivity contribution is -0.268. The van der Waals surface area contributed by atoms with Gasteiger partial charge in [0.1, 0.15) is 5.75 Å². The molecule has 8 nitrogen and oxygen atoms in total. The molecule has 3 aromatic carbocycles. The van der Waals surface area contributed by atoms with Crippen LogP contribution >= 0.6 is 11.8 Å². The summed E-state index contributed by atoms with van der Waals surface area (Å²) >= 11 is 1.66. The van der Waals surface area contributed by atoms with Gasteiger partial charge in [0.05, 0.1) is 18.8 Å². The number of hydrogen-bond acceptors (Lipinski definition) is 8. The third-order valence-electron chi connectivity index (χ3n) is 6.80. The number of aliphatic hydroxyl groups is 1. The third-order valence-corrected chi connectivity index (χ3v) is 7.91. The number of phenols is 1. The van der Waals surface area contributed by atoms with Crippen LogP contribution in [-0.4, -0.2) is 40.1 Å². The molecule has 0 spiro atoms. The molecule has 0 bridgehead atoms. The van der Waals surface area contributed by atoms with Crippen molar-refractivity contribution in [3.05, 3.63) is 95.1 Å². The number of ether oxygens (including phenoxy) is 3. The second-order valence-electron chi connectivity index (χ2n) is 9.84. The summed E-state index contributed by atoms with van der Waals surface area (Å²) in [4.78, 5) is 24.3. The number of rotatable bonds is 10. The second-order valence-corrected chi connectivity index (χ2v) is 10.9. The van der Waals surface area contributed by atoms with Crippen LogP contribution in [0.25, 0.3) is 0 Å². The zero-order chi connectivity index (χ0) is 28.6. The largest absolute Gasteiger partial charge is 0.508 e. The van der Waals surface area contributed by atoms with Gasteiger partial charge in [-0.25, -0.2) is 0 Å². The summed E-state index contributed by atoms with van der Waals surface area (Å²) in [5.41, 5.74) is 3.59. The Hall–Kier alpha value is -3.37. The Balaban J connectivity index is 1.47. The number of aliphatic hydroxyl groups excluding tert-OH is 1. The average molecular weight is 566 g/mol. The maximum absolute atomic E-state index is 12.2. The van der Waals surface area contributed by atoms with E-state index in [1.54, 1.807) is 23.9 Å². The number of carbonyl (C=O) groups excluding carboxylic acids is 2. The highest BCUT2D eigenvalue weighted by atomic mass is 32.2. The van der Waals surface area contributed by atoms with Crippen LogP contribution < -0.4 is 5.32 Å². The van der Waals surface area contributed by atoms with Gasteiger partial charge in [0, 0.05) is 35.6 Å². The number of benzene rings is 3. The number of aromatic hydroxyl groups is 1. The highest BCUT2D eigenvalue weighted by molar-refractivity contribution is 7.99. The monoisotopic (exact) mass is 565 g/mol. The first kappa shape index (κ1) is 29.6. The van der Waals surface area contributed by atoms with Crippen LogP contribution in [0.5, 0.6) is 5.75 Å². The first-order valence-electron chi connectivity index (χ1n) is 13.2. The van der Waals surface area contributed by atoms with E-state index in [1.807, 2.05) is 60.7 Å². The number of hydrogen-bond donors (Lipinski definition) is 3. The molecule has 1 heterocycles. The average Bonchev–Trinajstić information content (AvgIpc) is 2.96. The zero-order valence-corrected chi connectivity index (χ0v) is 23.6. The molecule has 0 aromatic heterocycles. The standard InChI is InChI=1S/C31H35NO7S/c1-19-28(18-40-27-14-12-26(35)13-15-27)38-31(39-29(19)24-8-6-23(17-33)7-9-24)25-10-4-22(5-11-25)16-32-30(36)20(2)37-21(3)34/h4-15,19-20,28-29,31,33,35H,16-18H2,1-3H3,(H,32,36). The van der Waals surface area contributed by atoms with Crippen LogP contribution in [0.15, 0.2) is 77.7 Å². The molecule has 212 valence electrons. The number of amides is 1. The van der Waals surface area contributed by atoms with Crippen LogP contribution in [0.2, 0.25) is 0 Å². The maximum atomic E-state index is 12.2. The van der Waals surface area contributed by atoms with Crippen molar-refractivity contribution in [2.45, 2.75) is 63.4 Å². The summed E-state index contributed by atoms with van der Waals surface area (Å²) in [5, 5.41) is 21.8. The van der Waals surface area contributed by atoms with Gasteiger partial charge in [-0.1, -0.05) is 55.5 Å². The number of carbonyl (C=O) groups is 2. The Morgan fingerprint density at radius 1 is 0.950 bits per heavy atom. The molecule has 1 fully saturated rings. The third kappa shape index (κ3) is 7.85. The smallest absolute Gasteiger partial charge is 0.303 e. The molecule has 0 aliphatic carbocycles. The Labute approximate surface area is 238 Å². The van der Waals surface area contributed by atoms with E-state index in [9.17, 15) is 19.8 Å². The maximum Gasteiger partial charge on any atom is 0.303 e. The summed E-state index contributed by atoms with van der Waals surface area (Å²) < 4.78 is 17.9. The first-order valence-corrected chi connectivity index (χ1v) is 14.2. The van der Waals surface area contributed by atoms with E-state index in [0.717, 1.165) is 27.1 Å². The van der Waals surface area contributed by atoms with Crippen molar-refractivity contribution >= 4 is 23.6 Å². The fourth-order valence-corrected chi connectivity index (χ4v) is 5.53. The number of thioether (sulfide) groups is 1. The van der Waals surface area contributed by atoms with Gasteiger partial charge in [0.2, 0.25) is 0 Å². The van der Waals surface area contributed by atoms with Crippen LogP contribution in [0.1, 0.15) is 55.4 Å². The molecule has 1 aliphatic rings. The van der Waals surface area contributed by atoms with Crippen LogP contribution in [-0.2, 0) is 37.0 Å². The van der Waals surface area contributed by atoms with Crippen molar-refractivity contribution in [2.75, 3.05) is 5.75 Å². The minimum Gasteiger partial charge on any atom is -0.508 e. The Kier molecular flexibility index (Phi) is 10.2. The summed E-state index contributed by atoms with van der Waals surface area (Å²) in [5.74, 6) is 0.109. The summed E-state index contributed by atoms with van der Waals surface area (Å²) in [6, 6.07) is 22.6. The molecular formula is C31H35NO7S. The molecule has 4 rings (SSSR count). The zero-order valence-electron chi connectivity index (χ0n) is 22.8. The van der Waals surface area contributed by atoms with Gasteiger partial charge in [0.15, 0.2) is 12.4 Å². The van der Waals surface area contributed by atoms with Crippen molar-refractivity contribution < 1.29 is 34.0 Å². The van der Waals surface area contributed by atoms with Crippen molar-refractivity contribution in [2.24, 2.45) is 5.92 Å². The van der Waals surface area contributed by atoms with Gasteiger partial charge >= 0.3 is 5.97 Å². The normalized spacial score (nSPS) is 21.4. The van der Waals surface area contributed by atoms with Crippen LogP contribution in [0.3, 0.4) is 0 Å². The molecule has 0 radical (unpaired) electrons. The molecular weight excluding hydrogens is 530 g/mol. The molecule has 0 saturated carbocycles. The SMILES string of the molecule is CC(=O)OC(C)C(=O)NCc1ccc(C2OC(CSc3ccc(O)cc3)C(C)C(c3ccc(CO)cc3)O2)cc1. The van der Waals surface area contributed by atoms with Gasteiger partial charge in [-0.05, 0) is 47.9 Å². The van der Waals surface area contributed by atoms with Crippen molar-refractivity contribution in [3.63, 3.8) is 0 Å². The lowest BCUT2D eigenvalue weighted by Crippen LogP contribution is -2.38. The van der Waals surface area contributed by atoms with E-state index in [4.69, 9.17) is 14.2 Å². The van der Waals surface area contributed by atoms with E-state index in [-0.39, 0.29) is 36.4 Å². The molecule has 1 aliphatic heterocycles. The number of esters is 1. The van der Waals surface area contributed by atoms with E-state index in [2.05, 4.69) is 12.2 Å². The first-order chi connectivity index (χ1) is 19.2. The van der Waals surface area contributed by atoms with E-state index < -0.39 is 18.4 Å². The van der Waals surface area contributed by atoms with Gasteiger partial charge < -0.3 is 29.7 Å². The fourth-order valence-electron chi connectivity index (χ4n) is 4.46. The number of phenolic OH excluding ortho intramolecular Hbond substituents is 1. The highest BCUT2D eigenvalue weighted by Crippen LogP contribution is 2.43. The van der Waals surface area contributed by atoms with Gasteiger partial charge in [-0.3, -0.25) is 9.59 Å².